The van der Waals surface area contributed by atoms with Gasteiger partial charge in [-0.3, -0.25) is 4.57 Å². The first-order valence-electron chi connectivity index (χ1n) is 5.86. The minimum absolute atomic E-state index is 0.168. The van der Waals surface area contributed by atoms with E-state index in [9.17, 15) is 0 Å². The molecule has 0 radical (unpaired) electrons. The molecule has 0 aliphatic heterocycles. The van der Waals surface area contributed by atoms with Gasteiger partial charge in [0.25, 0.3) is 0 Å². The molecule has 2 rings (SSSR count). The molecule has 0 aliphatic carbocycles. The first-order valence-corrected chi connectivity index (χ1v) is 5.86. The largest absolute Gasteiger partial charge is 0.497 e. The van der Waals surface area contributed by atoms with Crippen molar-refractivity contribution in [3.63, 3.8) is 0 Å². The van der Waals surface area contributed by atoms with Crippen LogP contribution in [0.3, 0.4) is 0 Å². The van der Waals surface area contributed by atoms with Crippen molar-refractivity contribution < 1.29 is 14.2 Å². The molecule has 102 valence electrons. The fourth-order valence-corrected chi connectivity index (χ4v) is 1.80. The summed E-state index contributed by atoms with van der Waals surface area (Å²) in [5.74, 6) is 2.15. The molecule has 6 nitrogen and oxygen atoms in total. The zero-order valence-corrected chi connectivity index (χ0v) is 11.5. The minimum Gasteiger partial charge on any atom is -0.497 e. The van der Waals surface area contributed by atoms with Gasteiger partial charge in [0.1, 0.15) is 23.9 Å². The third kappa shape index (κ3) is 2.53. The van der Waals surface area contributed by atoms with E-state index < -0.39 is 0 Å². The van der Waals surface area contributed by atoms with E-state index in [0.29, 0.717) is 11.6 Å². The molecule has 0 spiro atoms. The summed E-state index contributed by atoms with van der Waals surface area (Å²) in [6, 6.07) is 5.55. The SMILES string of the molecule is COc1ccc(OC)c(-n2cnnc2[C@@H](C)OC)c1. The van der Waals surface area contributed by atoms with Crippen molar-refractivity contribution in [2.24, 2.45) is 0 Å². The van der Waals surface area contributed by atoms with E-state index in [4.69, 9.17) is 14.2 Å². The summed E-state index contributed by atoms with van der Waals surface area (Å²) in [5.41, 5.74) is 0.811. The van der Waals surface area contributed by atoms with E-state index in [0.717, 1.165) is 11.4 Å². The van der Waals surface area contributed by atoms with Crippen molar-refractivity contribution in [2.45, 2.75) is 13.0 Å². The fraction of sp³-hybridized carbons (Fsp3) is 0.385. The Bertz CT molecular complexity index is 554. The third-order valence-corrected chi connectivity index (χ3v) is 2.94. The Labute approximate surface area is 111 Å². The number of hydrogen-bond donors (Lipinski definition) is 0. The molecule has 0 saturated heterocycles. The van der Waals surface area contributed by atoms with Gasteiger partial charge in [0.15, 0.2) is 5.82 Å². The van der Waals surface area contributed by atoms with Crippen LogP contribution in [0.25, 0.3) is 5.69 Å². The van der Waals surface area contributed by atoms with E-state index in [1.807, 2.05) is 29.7 Å². The molecule has 0 aliphatic rings. The van der Waals surface area contributed by atoms with Crippen molar-refractivity contribution in [2.75, 3.05) is 21.3 Å². The standard InChI is InChI=1S/C13H17N3O3/c1-9(17-2)13-15-14-8-16(13)11-7-10(18-3)5-6-12(11)19-4/h5-9H,1-4H3/t9-/m1/s1. The van der Waals surface area contributed by atoms with Gasteiger partial charge < -0.3 is 14.2 Å². The molecule has 6 heteroatoms. The summed E-state index contributed by atoms with van der Waals surface area (Å²) >= 11 is 0. The Balaban J connectivity index is 2.54. The van der Waals surface area contributed by atoms with Crippen LogP contribution in [-0.4, -0.2) is 36.1 Å². The monoisotopic (exact) mass is 263 g/mol. The number of ether oxygens (including phenoxy) is 3. The second-order valence-corrected chi connectivity index (χ2v) is 3.97. The first-order chi connectivity index (χ1) is 9.21. The molecule has 1 atom stereocenters. The molecule has 0 bridgehead atoms. The summed E-state index contributed by atoms with van der Waals surface area (Å²) in [5, 5.41) is 8.02. The summed E-state index contributed by atoms with van der Waals surface area (Å²) in [7, 11) is 4.87. The number of benzene rings is 1. The van der Waals surface area contributed by atoms with Crippen molar-refractivity contribution in [3.8, 4) is 17.2 Å². The van der Waals surface area contributed by atoms with Crippen LogP contribution in [0.5, 0.6) is 11.5 Å². The molecular formula is C13H17N3O3. The van der Waals surface area contributed by atoms with Gasteiger partial charge in [-0.1, -0.05) is 0 Å². The minimum atomic E-state index is -0.168. The normalized spacial score (nSPS) is 12.2. The smallest absolute Gasteiger partial charge is 0.166 e. The molecule has 19 heavy (non-hydrogen) atoms. The van der Waals surface area contributed by atoms with Crippen molar-refractivity contribution in [1.29, 1.82) is 0 Å². The lowest BCUT2D eigenvalue weighted by atomic mass is 10.2. The Morgan fingerprint density at radius 1 is 1.16 bits per heavy atom. The van der Waals surface area contributed by atoms with Crippen molar-refractivity contribution in [3.05, 3.63) is 30.4 Å². The van der Waals surface area contributed by atoms with E-state index in [1.165, 1.54) is 0 Å². The molecule has 1 aromatic carbocycles. The highest BCUT2D eigenvalue weighted by atomic mass is 16.5. The van der Waals surface area contributed by atoms with Crippen LogP contribution in [0.4, 0.5) is 0 Å². The molecule has 2 aromatic rings. The maximum atomic E-state index is 5.36. The van der Waals surface area contributed by atoms with Crippen LogP contribution in [0.2, 0.25) is 0 Å². The second kappa shape index (κ2) is 5.71. The van der Waals surface area contributed by atoms with Gasteiger partial charge in [-0.15, -0.1) is 10.2 Å². The topological polar surface area (TPSA) is 58.4 Å². The van der Waals surface area contributed by atoms with Crippen LogP contribution in [0.15, 0.2) is 24.5 Å². The lowest BCUT2D eigenvalue weighted by Crippen LogP contribution is -2.07. The second-order valence-electron chi connectivity index (χ2n) is 3.97. The molecule has 0 N–H and O–H groups in total. The van der Waals surface area contributed by atoms with E-state index >= 15 is 0 Å². The summed E-state index contributed by atoms with van der Waals surface area (Å²) in [6.07, 6.45) is 1.46. The third-order valence-electron chi connectivity index (χ3n) is 2.94. The number of methoxy groups -OCH3 is 3. The van der Waals surface area contributed by atoms with Crippen LogP contribution in [-0.2, 0) is 4.74 Å². The predicted molar refractivity (Wildman–Crippen MR) is 69.9 cm³/mol. The maximum Gasteiger partial charge on any atom is 0.166 e. The highest BCUT2D eigenvalue weighted by Crippen LogP contribution is 2.29. The zero-order chi connectivity index (χ0) is 13.8. The van der Waals surface area contributed by atoms with Gasteiger partial charge in [0.2, 0.25) is 0 Å². The van der Waals surface area contributed by atoms with Gasteiger partial charge in [0.05, 0.1) is 19.9 Å². The number of aromatic nitrogens is 3. The van der Waals surface area contributed by atoms with Gasteiger partial charge in [-0.05, 0) is 19.1 Å². The lowest BCUT2D eigenvalue weighted by Gasteiger charge is -2.15. The van der Waals surface area contributed by atoms with Gasteiger partial charge >= 0.3 is 0 Å². The first kappa shape index (κ1) is 13.4. The zero-order valence-electron chi connectivity index (χ0n) is 11.5. The maximum absolute atomic E-state index is 5.36. The van der Waals surface area contributed by atoms with Crippen LogP contribution >= 0.6 is 0 Å². The predicted octanol–water partition coefficient (Wildman–Crippen LogP) is 1.99. The highest BCUT2D eigenvalue weighted by molar-refractivity contribution is 5.51. The molecule has 0 unspecified atom stereocenters. The van der Waals surface area contributed by atoms with E-state index in [1.54, 1.807) is 27.7 Å². The van der Waals surface area contributed by atoms with Gasteiger partial charge in [-0.25, -0.2) is 0 Å². The molecular weight excluding hydrogens is 246 g/mol. The Morgan fingerprint density at radius 2 is 1.95 bits per heavy atom. The lowest BCUT2D eigenvalue weighted by molar-refractivity contribution is 0.110. The van der Waals surface area contributed by atoms with Crippen molar-refractivity contribution in [1.82, 2.24) is 14.8 Å². The molecule has 1 heterocycles. The summed E-state index contributed by atoms with van der Waals surface area (Å²) < 4.78 is 17.7. The summed E-state index contributed by atoms with van der Waals surface area (Å²) in [4.78, 5) is 0. The molecule has 0 saturated carbocycles. The number of rotatable bonds is 5. The highest BCUT2D eigenvalue weighted by Gasteiger charge is 2.16. The number of hydrogen-bond acceptors (Lipinski definition) is 5. The molecule has 1 aromatic heterocycles. The number of nitrogens with zero attached hydrogens (tertiary/aromatic N) is 3. The molecule has 0 amide bonds. The average molecular weight is 263 g/mol. The Morgan fingerprint density at radius 3 is 2.58 bits per heavy atom. The van der Waals surface area contributed by atoms with Gasteiger partial charge in [-0.2, -0.15) is 0 Å². The molecule has 0 fully saturated rings. The van der Waals surface area contributed by atoms with Crippen LogP contribution < -0.4 is 9.47 Å². The Hall–Kier alpha value is -2.08. The Kier molecular flexibility index (Phi) is 4.01. The van der Waals surface area contributed by atoms with Gasteiger partial charge in [0, 0.05) is 13.2 Å². The van der Waals surface area contributed by atoms with Crippen molar-refractivity contribution >= 4 is 0 Å². The summed E-state index contributed by atoms with van der Waals surface area (Å²) in [6.45, 7) is 1.91. The van der Waals surface area contributed by atoms with Crippen LogP contribution in [0, 0.1) is 0 Å². The quantitative estimate of drug-likeness (QED) is 0.825. The average Bonchev–Trinajstić information content (AvgIpc) is 2.94. The van der Waals surface area contributed by atoms with Crippen LogP contribution in [0.1, 0.15) is 18.9 Å². The van der Waals surface area contributed by atoms with E-state index in [2.05, 4.69) is 10.2 Å². The fourth-order valence-electron chi connectivity index (χ4n) is 1.80. The van der Waals surface area contributed by atoms with E-state index in [-0.39, 0.29) is 6.10 Å².